The summed E-state index contributed by atoms with van der Waals surface area (Å²) in [4.78, 5) is 4.04. The van der Waals surface area contributed by atoms with Crippen molar-refractivity contribution in [3.8, 4) is 0 Å². The van der Waals surface area contributed by atoms with Crippen LogP contribution >= 0.6 is 24.4 Å². The number of thioether (sulfide) groups is 1. The fourth-order valence-corrected chi connectivity index (χ4v) is 2.39. The number of rotatable bonds is 6. The van der Waals surface area contributed by atoms with Crippen LogP contribution in [0.5, 0.6) is 0 Å². The maximum atomic E-state index is 5.11. The number of oxazole rings is 1. The van der Waals surface area contributed by atoms with E-state index in [0.717, 1.165) is 22.6 Å². The molecule has 13 heavy (non-hydrogen) atoms. The number of hydrogen-bond donors (Lipinski definition) is 1. The topological polar surface area (TPSA) is 26.0 Å². The van der Waals surface area contributed by atoms with Crippen molar-refractivity contribution in [3.63, 3.8) is 0 Å². The second-order valence-corrected chi connectivity index (χ2v) is 4.55. The Morgan fingerprint density at radius 2 is 2.46 bits per heavy atom. The van der Waals surface area contributed by atoms with E-state index in [2.05, 4.69) is 24.5 Å². The molecule has 1 rings (SSSR count). The molecule has 0 aliphatic rings. The Morgan fingerprint density at radius 3 is 3.08 bits per heavy atom. The monoisotopic (exact) mass is 217 g/mol. The molecule has 0 amide bonds. The zero-order chi connectivity index (χ0) is 9.52. The Bertz CT molecular complexity index is 213. The van der Waals surface area contributed by atoms with Crippen molar-refractivity contribution in [1.82, 2.24) is 4.98 Å². The molecule has 0 aliphatic heterocycles. The van der Waals surface area contributed by atoms with Crippen LogP contribution in [0.25, 0.3) is 0 Å². The smallest absolute Gasteiger partial charge is 0.255 e. The molecule has 1 aromatic rings. The first-order valence-corrected chi connectivity index (χ1v) is 6.08. The highest BCUT2D eigenvalue weighted by molar-refractivity contribution is 7.99. The Hall–Kier alpha value is -0.0900. The highest BCUT2D eigenvalue weighted by Gasteiger charge is 2.03. The molecule has 1 atom stereocenters. The quantitative estimate of drug-likeness (QED) is 0.585. The van der Waals surface area contributed by atoms with Gasteiger partial charge in [0.05, 0.1) is 6.20 Å². The number of hydrogen-bond acceptors (Lipinski definition) is 4. The summed E-state index contributed by atoms with van der Waals surface area (Å²) < 4.78 is 5.11. The summed E-state index contributed by atoms with van der Waals surface area (Å²) in [7, 11) is 0. The van der Waals surface area contributed by atoms with Gasteiger partial charge in [-0.1, -0.05) is 18.7 Å². The molecule has 0 N–H and O–H groups in total. The molecule has 0 bridgehead atoms. The highest BCUT2D eigenvalue weighted by Crippen LogP contribution is 2.19. The molecule has 0 radical (unpaired) electrons. The van der Waals surface area contributed by atoms with Crippen LogP contribution in [-0.2, 0) is 0 Å². The number of thiol groups is 1. The molecule has 0 fully saturated rings. The van der Waals surface area contributed by atoms with E-state index in [4.69, 9.17) is 4.42 Å². The van der Waals surface area contributed by atoms with E-state index >= 15 is 0 Å². The first kappa shape index (κ1) is 11.0. The van der Waals surface area contributed by atoms with Crippen molar-refractivity contribution in [3.05, 3.63) is 12.5 Å². The van der Waals surface area contributed by atoms with Gasteiger partial charge in [0.2, 0.25) is 0 Å². The first-order chi connectivity index (χ1) is 6.33. The SMILES string of the molecule is CC(CCS)CCSc1ncco1. The van der Waals surface area contributed by atoms with Gasteiger partial charge in [0, 0.05) is 5.75 Å². The largest absolute Gasteiger partial charge is 0.440 e. The predicted molar refractivity (Wildman–Crippen MR) is 59.5 cm³/mol. The van der Waals surface area contributed by atoms with E-state index in [1.807, 2.05) is 0 Å². The van der Waals surface area contributed by atoms with Gasteiger partial charge in [-0.2, -0.15) is 12.6 Å². The van der Waals surface area contributed by atoms with Crippen LogP contribution in [0.3, 0.4) is 0 Å². The molecule has 0 saturated heterocycles. The second-order valence-electron chi connectivity index (χ2n) is 3.05. The lowest BCUT2D eigenvalue weighted by Gasteiger charge is -2.07. The molecule has 4 heteroatoms. The van der Waals surface area contributed by atoms with Crippen molar-refractivity contribution in [1.29, 1.82) is 0 Å². The molecule has 0 spiro atoms. The summed E-state index contributed by atoms with van der Waals surface area (Å²) in [5.74, 6) is 2.81. The summed E-state index contributed by atoms with van der Waals surface area (Å²) in [6.45, 7) is 2.26. The van der Waals surface area contributed by atoms with Crippen LogP contribution in [0.15, 0.2) is 22.1 Å². The predicted octanol–water partition coefficient (Wildman–Crippen LogP) is 3.11. The van der Waals surface area contributed by atoms with E-state index in [9.17, 15) is 0 Å². The molecule has 1 aromatic heterocycles. The minimum absolute atomic E-state index is 0.750. The molecule has 74 valence electrons. The lowest BCUT2D eigenvalue weighted by atomic mass is 10.1. The minimum atomic E-state index is 0.750. The third kappa shape index (κ3) is 4.62. The van der Waals surface area contributed by atoms with Gasteiger partial charge in [-0.3, -0.25) is 0 Å². The molecule has 1 heterocycles. The van der Waals surface area contributed by atoms with Gasteiger partial charge < -0.3 is 4.42 Å². The molecule has 2 nitrogen and oxygen atoms in total. The van der Waals surface area contributed by atoms with Crippen LogP contribution in [0, 0.1) is 5.92 Å². The van der Waals surface area contributed by atoms with E-state index < -0.39 is 0 Å². The summed E-state index contributed by atoms with van der Waals surface area (Å²) in [6, 6.07) is 0. The zero-order valence-electron chi connectivity index (χ0n) is 7.77. The maximum Gasteiger partial charge on any atom is 0.255 e. The van der Waals surface area contributed by atoms with Crippen molar-refractivity contribution in [2.75, 3.05) is 11.5 Å². The maximum absolute atomic E-state index is 5.11. The van der Waals surface area contributed by atoms with Gasteiger partial charge in [-0.05, 0) is 24.5 Å². The van der Waals surface area contributed by atoms with Gasteiger partial charge in [-0.25, -0.2) is 4.98 Å². The van der Waals surface area contributed by atoms with Crippen molar-refractivity contribution >= 4 is 24.4 Å². The van der Waals surface area contributed by atoms with Crippen LogP contribution in [0.4, 0.5) is 0 Å². The van der Waals surface area contributed by atoms with E-state index in [1.165, 1.54) is 12.8 Å². The van der Waals surface area contributed by atoms with Crippen molar-refractivity contribution < 1.29 is 4.42 Å². The van der Waals surface area contributed by atoms with Crippen LogP contribution in [-0.4, -0.2) is 16.5 Å². The molecular formula is C9H15NOS2. The summed E-state index contributed by atoms with van der Waals surface area (Å²) in [5, 5.41) is 0.776. The Morgan fingerprint density at radius 1 is 1.62 bits per heavy atom. The minimum Gasteiger partial charge on any atom is -0.440 e. The van der Waals surface area contributed by atoms with Gasteiger partial charge >= 0.3 is 0 Å². The Kier molecular flexibility index (Phi) is 5.39. The van der Waals surface area contributed by atoms with Crippen LogP contribution < -0.4 is 0 Å². The molecular weight excluding hydrogens is 202 g/mol. The number of aromatic nitrogens is 1. The van der Waals surface area contributed by atoms with E-state index in [1.54, 1.807) is 24.2 Å². The van der Waals surface area contributed by atoms with Gasteiger partial charge in [0.15, 0.2) is 0 Å². The van der Waals surface area contributed by atoms with Crippen molar-refractivity contribution in [2.45, 2.75) is 25.0 Å². The average molecular weight is 217 g/mol. The Balaban J connectivity index is 2.07. The summed E-state index contributed by atoms with van der Waals surface area (Å²) in [6.07, 6.45) is 5.68. The van der Waals surface area contributed by atoms with Crippen molar-refractivity contribution in [2.24, 2.45) is 5.92 Å². The summed E-state index contributed by atoms with van der Waals surface area (Å²) >= 11 is 5.88. The number of nitrogens with zero attached hydrogens (tertiary/aromatic N) is 1. The molecule has 1 unspecified atom stereocenters. The standard InChI is InChI=1S/C9H15NOS2/c1-8(2-6-12)3-7-13-9-10-4-5-11-9/h4-5,8,12H,2-3,6-7H2,1H3. The zero-order valence-corrected chi connectivity index (χ0v) is 9.48. The molecule has 0 aliphatic carbocycles. The average Bonchev–Trinajstić information content (AvgIpc) is 2.57. The second kappa shape index (κ2) is 6.38. The molecule has 0 aromatic carbocycles. The fraction of sp³-hybridized carbons (Fsp3) is 0.667. The lowest BCUT2D eigenvalue weighted by Crippen LogP contribution is -1.97. The molecule has 0 saturated carbocycles. The summed E-state index contributed by atoms with van der Waals surface area (Å²) in [5.41, 5.74) is 0. The lowest BCUT2D eigenvalue weighted by molar-refractivity contribution is 0.453. The van der Waals surface area contributed by atoms with E-state index in [-0.39, 0.29) is 0 Å². The third-order valence-electron chi connectivity index (χ3n) is 1.87. The fourth-order valence-electron chi connectivity index (χ4n) is 0.994. The first-order valence-electron chi connectivity index (χ1n) is 4.46. The van der Waals surface area contributed by atoms with Gasteiger partial charge in [-0.15, -0.1) is 0 Å². The Labute approximate surface area is 88.9 Å². The van der Waals surface area contributed by atoms with Gasteiger partial charge in [0.1, 0.15) is 6.26 Å². The third-order valence-corrected chi connectivity index (χ3v) is 3.01. The van der Waals surface area contributed by atoms with Crippen LogP contribution in [0.1, 0.15) is 19.8 Å². The van der Waals surface area contributed by atoms with Crippen LogP contribution in [0.2, 0.25) is 0 Å². The highest BCUT2D eigenvalue weighted by atomic mass is 32.2. The van der Waals surface area contributed by atoms with Gasteiger partial charge in [0.25, 0.3) is 5.22 Å². The van der Waals surface area contributed by atoms with E-state index in [0.29, 0.717) is 0 Å². The normalized spacial score (nSPS) is 13.1.